The van der Waals surface area contributed by atoms with Gasteiger partial charge in [0, 0.05) is 12.1 Å². The average molecular weight is 603 g/mol. The summed E-state index contributed by atoms with van der Waals surface area (Å²) < 4.78 is 49.4. The summed E-state index contributed by atoms with van der Waals surface area (Å²) in [4.78, 5) is 73.4. The van der Waals surface area contributed by atoms with Gasteiger partial charge in [0.2, 0.25) is 0 Å². The highest BCUT2D eigenvalue weighted by Gasteiger charge is 2.31. The number of nitrogens with zero attached hydrogens (tertiary/aromatic N) is 4. The fourth-order valence-electron chi connectivity index (χ4n) is 3.42. The molecule has 0 aliphatic heterocycles. The van der Waals surface area contributed by atoms with Gasteiger partial charge in [0.15, 0.2) is 0 Å². The number of carbonyl (C=O) groups excluding carboxylic acids is 1. The molecule has 0 radical (unpaired) electrons. The molecule has 0 amide bonds. The number of rotatable bonds is 10. The molecule has 0 spiro atoms. The number of esters is 1. The topological polar surface area (TPSA) is 182 Å². The molecule has 0 bridgehead atoms. The Kier molecular flexibility index (Phi) is 9.01. The van der Waals surface area contributed by atoms with E-state index in [1.807, 2.05) is 0 Å². The SMILES string of the molecule is CCCOC(=O)Cn1c(=O)n(CC(=O)O)c(=O)n(-c2cc(Oc3ccc(C(F)(F)F)cc3Cl)ccc2[N+](=O)[O-])c1=O. The molecule has 0 unspecified atom stereocenters. The Morgan fingerprint density at radius 2 is 1.66 bits per heavy atom. The first-order valence-corrected chi connectivity index (χ1v) is 11.7. The van der Waals surface area contributed by atoms with Gasteiger partial charge in [-0.2, -0.15) is 13.2 Å². The molecule has 41 heavy (non-hydrogen) atoms. The quantitative estimate of drug-likeness (QED) is 0.206. The summed E-state index contributed by atoms with van der Waals surface area (Å²) >= 11 is 5.89. The van der Waals surface area contributed by atoms with Gasteiger partial charge in [0.05, 0.1) is 22.1 Å². The Morgan fingerprint density at radius 1 is 1.02 bits per heavy atom. The van der Waals surface area contributed by atoms with Gasteiger partial charge >= 0.3 is 35.2 Å². The highest BCUT2D eigenvalue weighted by atomic mass is 35.5. The van der Waals surface area contributed by atoms with Gasteiger partial charge in [-0.15, -0.1) is 0 Å². The minimum Gasteiger partial charge on any atom is -0.480 e. The molecule has 0 saturated carbocycles. The Bertz CT molecular complexity index is 1710. The third kappa shape index (κ3) is 6.81. The molecule has 3 rings (SSSR count). The fourth-order valence-corrected chi connectivity index (χ4v) is 3.64. The fraction of sp³-hybridized carbons (Fsp3) is 0.261. The van der Waals surface area contributed by atoms with E-state index in [4.69, 9.17) is 21.1 Å². The zero-order valence-electron chi connectivity index (χ0n) is 20.7. The molecule has 18 heteroatoms. The zero-order valence-corrected chi connectivity index (χ0v) is 21.5. The molecule has 1 heterocycles. The Hall–Kier alpha value is -4.93. The second kappa shape index (κ2) is 12.1. The van der Waals surface area contributed by atoms with Crippen molar-refractivity contribution in [3.8, 4) is 17.2 Å². The summed E-state index contributed by atoms with van der Waals surface area (Å²) in [6.45, 7) is -0.782. The van der Waals surface area contributed by atoms with E-state index >= 15 is 0 Å². The van der Waals surface area contributed by atoms with Gasteiger partial charge in [-0.25, -0.2) is 28.1 Å². The summed E-state index contributed by atoms with van der Waals surface area (Å²) in [5.74, 6) is -3.48. The number of hydrogen-bond donors (Lipinski definition) is 1. The molecule has 1 aromatic heterocycles. The minimum absolute atomic E-state index is 0.0564. The van der Waals surface area contributed by atoms with Gasteiger partial charge in [-0.05, 0) is 30.7 Å². The predicted molar refractivity (Wildman–Crippen MR) is 133 cm³/mol. The molecular weight excluding hydrogens is 585 g/mol. The lowest BCUT2D eigenvalue weighted by molar-refractivity contribution is -0.384. The van der Waals surface area contributed by atoms with Crippen LogP contribution in [0.1, 0.15) is 18.9 Å². The molecule has 1 N–H and O–H groups in total. The number of nitro groups is 1. The first-order valence-electron chi connectivity index (χ1n) is 11.3. The van der Waals surface area contributed by atoms with E-state index in [0.717, 1.165) is 24.3 Å². The van der Waals surface area contributed by atoms with E-state index in [-0.39, 0.29) is 31.8 Å². The lowest BCUT2D eigenvalue weighted by Gasteiger charge is -2.14. The number of aromatic nitrogens is 3. The average Bonchev–Trinajstić information content (AvgIpc) is 2.88. The van der Waals surface area contributed by atoms with Crippen LogP contribution in [0.2, 0.25) is 5.02 Å². The third-order valence-corrected chi connectivity index (χ3v) is 5.52. The molecule has 0 saturated heterocycles. The van der Waals surface area contributed by atoms with Crippen molar-refractivity contribution in [2.45, 2.75) is 32.6 Å². The predicted octanol–water partition coefficient (Wildman–Crippen LogP) is 2.57. The maximum Gasteiger partial charge on any atom is 0.416 e. The molecular formula is C23H18ClF3N4O10. The second-order valence-electron chi connectivity index (χ2n) is 8.12. The number of halogens is 4. The number of alkyl halides is 3. The highest BCUT2D eigenvalue weighted by Crippen LogP contribution is 2.37. The molecule has 3 aromatic rings. The van der Waals surface area contributed by atoms with E-state index in [0.29, 0.717) is 18.6 Å². The van der Waals surface area contributed by atoms with Crippen LogP contribution in [0.3, 0.4) is 0 Å². The number of hydrogen-bond acceptors (Lipinski definition) is 9. The lowest BCUT2D eigenvalue weighted by Crippen LogP contribution is -2.55. The van der Waals surface area contributed by atoms with E-state index in [1.165, 1.54) is 0 Å². The largest absolute Gasteiger partial charge is 0.480 e. The number of nitro benzene ring substituents is 1. The molecule has 0 aliphatic rings. The van der Waals surface area contributed by atoms with E-state index in [1.54, 1.807) is 6.92 Å². The summed E-state index contributed by atoms with van der Waals surface area (Å²) in [6, 6.07) is 4.60. The van der Waals surface area contributed by atoms with Crippen molar-refractivity contribution in [1.29, 1.82) is 0 Å². The number of aliphatic carboxylic acids is 1. The minimum atomic E-state index is -4.72. The highest BCUT2D eigenvalue weighted by molar-refractivity contribution is 6.32. The lowest BCUT2D eigenvalue weighted by atomic mass is 10.2. The Morgan fingerprint density at radius 3 is 2.20 bits per heavy atom. The van der Waals surface area contributed by atoms with Crippen LogP contribution >= 0.6 is 11.6 Å². The number of carboxylic acid groups (broad SMARTS) is 1. The third-order valence-electron chi connectivity index (χ3n) is 5.23. The maximum absolute atomic E-state index is 13.3. The smallest absolute Gasteiger partial charge is 0.416 e. The van der Waals surface area contributed by atoms with E-state index < -0.39 is 75.2 Å². The van der Waals surface area contributed by atoms with Crippen molar-refractivity contribution in [2.75, 3.05) is 6.61 Å². The van der Waals surface area contributed by atoms with Crippen LogP contribution < -0.4 is 21.8 Å². The molecule has 2 aromatic carbocycles. The van der Waals surface area contributed by atoms with Gasteiger partial charge in [0.1, 0.15) is 30.3 Å². The normalized spacial score (nSPS) is 11.2. The molecule has 0 atom stereocenters. The van der Waals surface area contributed by atoms with E-state index in [9.17, 15) is 52.4 Å². The van der Waals surface area contributed by atoms with Crippen molar-refractivity contribution in [1.82, 2.24) is 13.7 Å². The summed E-state index contributed by atoms with van der Waals surface area (Å²) in [7, 11) is 0. The van der Waals surface area contributed by atoms with Crippen molar-refractivity contribution in [3.63, 3.8) is 0 Å². The van der Waals surface area contributed by atoms with Gasteiger partial charge in [-0.1, -0.05) is 18.5 Å². The number of benzene rings is 2. The molecule has 0 fully saturated rings. The van der Waals surface area contributed by atoms with Crippen LogP contribution in [0.15, 0.2) is 50.8 Å². The van der Waals surface area contributed by atoms with Crippen LogP contribution in [0.4, 0.5) is 18.9 Å². The standard InChI is InChI=1S/C23H18ClF3N4O10/c1-2-7-40-19(34)11-29-20(35)28(10-18(32)33)21(36)30(22(29)37)16-9-13(4-5-15(16)31(38)39)41-17-6-3-12(8-14(17)24)23(25,26)27/h3-6,8-9H,2,7,10-11H2,1H3,(H,32,33). The van der Waals surface area contributed by atoms with Gasteiger partial charge in [-0.3, -0.25) is 19.7 Å². The van der Waals surface area contributed by atoms with Gasteiger partial charge < -0.3 is 14.6 Å². The zero-order chi connectivity index (χ0) is 30.6. The van der Waals surface area contributed by atoms with Gasteiger partial charge in [0.25, 0.3) is 5.69 Å². The van der Waals surface area contributed by atoms with Crippen molar-refractivity contribution in [2.24, 2.45) is 0 Å². The summed E-state index contributed by atoms with van der Waals surface area (Å²) in [5, 5.41) is 20.4. The summed E-state index contributed by atoms with van der Waals surface area (Å²) in [6.07, 6.45) is -4.34. The molecule has 0 aliphatic carbocycles. The van der Waals surface area contributed by atoms with E-state index in [2.05, 4.69) is 0 Å². The number of ether oxygens (including phenoxy) is 2. The van der Waals surface area contributed by atoms with Crippen LogP contribution in [-0.2, 0) is 33.6 Å². The van der Waals surface area contributed by atoms with Crippen LogP contribution in [-0.4, -0.2) is 42.3 Å². The maximum atomic E-state index is 13.3. The summed E-state index contributed by atoms with van der Waals surface area (Å²) in [5.41, 5.74) is -7.46. The number of carbonyl (C=O) groups is 2. The Balaban J connectivity index is 2.25. The second-order valence-corrected chi connectivity index (χ2v) is 8.53. The monoisotopic (exact) mass is 602 g/mol. The molecule has 218 valence electrons. The first-order chi connectivity index (χ1) is 19.1. The Labute approximate surface area is 230 Å². The first kappa shape index (κ1) is 30.6. The van der Waals surface area contributed by atoms with Crippen molar-refractivity contribution in [3.05, 3.63) is 88.6 Å². The molecule has 14 nitrogen and oxygen atoms in total. The van der Waals surface area contributed by atoms with Crippen LogP contribution in [0.25, 0.3) is 5.69 Å². The van der Waals surface area contributed by atoms with Crippen molar-refractivity contribution >= 4 is 29.2 Å². The van der Waals surface area contributed by atoms with Crippen LogP contribution in [0.5, 0.6) is 11.5 Å². The van der Waals surface area contributed by atoms with Crippen LogP contribution in [0, 0.1) is 10.1 Å². The van der Waals surface area contributed by atoms with Crippen molar-refractivity contribution < 1.29 is 42.3 Å². The number of carboxylic acids is 1.